The van der Waals surface area contributed by atoms with Gasteiger partial charge >= 0.3 is 0 Å². The van der Waals surface area contributed by atoms with Crippen LogP contribution in [0.2, 0.25) is 5.02 Å². The largest absolute Gasteiger partial charge is 0.383 e. The minimum absolute atomic E-state index is 0.524. The van der Waals surface area contributed by atoms with Crippen LogP contribution in [0.4, 0.5) is 22.0 Å². The fourth-order valence-electron chi connectivity index (χ4n) is 1.67. The predicted molar refractivity (Wildman–Crippen MR) is 61.7 cm³/mol. The molecule has 0 aliphatic heterocycles. The number of benzene rings is 2. The molecule has 7 heteroatoms. The summed E-state index contributed by atoms with van der Waals surface area (Å²) >= 11 is 5.33. The highest BCUT2D eigenvalue weighted by Gasteiger charge is 2.23. The second kappa shape index (κ2) is 5.38. The van der Waals surface area contributed by atoms with Crippen LogP contribution in [-0.4, -0.2) is 5.11 Å². The maximum atomic E-state index is 13.6. The predicted octanol–water partition coefficient (Wildman–Crippen LogP) is 4.12. The van der Waals surface area contributed by atoms with Gasteiger partial charge < -0.3 is 5.11 Å². The molecule has 1 atom stereocenters. The van der Waals surface area contributed by atoms with E-state index in [-0.39, 0.29) is 0 Å². The first kappa shape index (κ1) is 14.7. The van der Waals surface area contributed by atoms with E-state index in [1.165, 1.54) is 0 Å². The van der Waals surface area contributed by atoms with Gasteiger partial charge in [-0.05, 0) is 18.2 Å². The topological polar surface area (TPSA) is 20.2 Å². The van der Waals surface area contributed by atoms with Crippen LogP contribution in [-0.2, 0) is 0 Å². The maximum Gasteiger partial charge on any atom is 0.194 e. The van der Waals surface area contributed by atoms with Gasteiger partial charge in [0.05, 0.1) is 5.02 Å². The van der Waals surface area contributed by atoms with E-state index in [9.17, 15) is 27.1 Å². The minimum atomic E-state index is -2.00. The smallest absolute Gasteiger partial charge is 0.194 e. The molecule has 0 radical (unpaired) electrons. The van der Waals surface area contributed by atoms with E-state index in [1.807, 2.05) is 0 Å². The molecular weight excluding hydrogens is 303 g/mol. The van der Waals surface area contributed by atoms with Crippen molar-refractivity contribution in [3.8, 4) is 0 Å². The SMILES string of the molecule is OC(c1cc(F)c(Cl)cc1F)c1ccc(F)c(F)c1F. The van der Waals surface area contributed by atoms with Crippen LogP contribution in [0.3, 0.4) is 0 Å². The summed E-state index contributed by atoms with van der Waals surface area (Å²) in [5, 5.41) is 9.28. The average Bonchev–Trinajstić information content (AvgIpc) is 2.40. The van der Waals surface area contributed by atoms with Crippen LogP contribution in [0, 0.1) is 29.1 Å². The summed E-state index contributed by atoms with van der Waals surface area (Å²) in [4.78, 5) is 0. The van der Waals surface area contributed by atoms with Crippen molar-refractivity contribution in [1.82, 2.24) is 0 Å². The average molecular weight is 309 g/mol. The number of hydrogen-bond acceptors (Lipinski definition) is 1. The molecule has 0 aliphatic carbocycles. The van der Waals surface area contributed by atoms with E-state index in [0.29, 0.717) is 18.2 Å². The molecule has 0 amide bonds. The molecule has 2 aromatic carbocycles. The standard InChI is InChI=1S/C13H6ClF5O/c14-7-4-9(16)6(3-10(7)17)13(20)5-1-2-8(15)12(19)11(5)18/h1-4,13,20H. The molecule has 1 unspecified atom stereocenters. The van der Waals surface area contributed by atoms with E-state index in [4.69, 9.17) is 11.6 Å². The molecular formula is C13H6ClF5O. The van der Waals surface area contributed by atoms with Gasteiger partial charge in [-0.2, -0.15) is 0 Å². The molecule has 1 nitrogen and oxygen atoms in total. The van der Waals surface area contributed by atoms with Crippen LogP contribution < -0.4 is 0 Å². The first-order chi connectivity index (χ1) is 9.32. The summed E-state index contributed by atoms with van der Waals surface area (Å²) < 4.78 is 66.1. The van der Waals surface area contributed by atoms with Gasteiger partial charge in [0, 0.05) is 11.1 Å². The summed E-state index contributed by atoms with van der Waals surface area (Å²) in [6, 6.07) is 2.46. The Kier molecular flexibility index (Phi) is 3.96. The summed E-state index contributed by atoms with van der Waals surface area (Å²) in [5.74, 6) is -7.08. The highest BCUT2D eigenvalue weighted by molar-refractivity contribution is 6.30. The van der Waals surface area contributed by atoms with Crippen molar-refractivity contribution in [3.63, 3.8) is 0 Å². The maximum absolute atomic E-state index is 13.6. The Morgan fingerprint density at radius 1 is 0.800 bits per heavy atom. The summed E-state index contributed by atoms with van der Waals surface area (Å²) in [6.07, 6.45) is -2.00. The van der Waals surface area contributed by atoms with Gasteiger partial charge in [0.25, 0.3) is 0 Å². The molecule has 20 heavy (non-hydrogen) atoms. The van der Waals surface area contributed by atoms with Crippen LogP contribution in [0.15, 0.2) is 24.3 Å². The lowest BCUT2D eigenvalue weighted by Gasteiger charge is -2.14. The highest BCUT2D eigenvalue weighted by Crippen LogP contribution is 2.30. The third-order valence-corrected chi connectivity index (χ3v) is 2.98. The van der Waals surface area contributed by atoms with Crippen LogP contribution >= 0.6 is 11.6 Å². The molecule has 2 aromatic rings. The van der Waals surface area contributed by atoms with Gasteiger partial charge in [-0.15, -0.1) is 0 Å². The molecule has 0 aliphatic rings. The first-order valence-electron chi connectivity index (χ1n) is 5.28. The van der Waals surface area contributed by atoms with Gasteiger partial charge in [0.2, 0.25) is 0 Å². The molecule has 0 spiro atoms. The number of hydrogen-bond donors (Lipinski definition) is 1. The number of rotatable bonds is 2. The second-order valence-corrected chi connectivity index (χ2v) is 4.36. The van der Waals surface area contributed by atoms with E-state index in [1.54, 1.807) is 0 Å². The zero-order valence-electron chi connectivity index (χ0n) is 9.60. The quantitative estimate of drug-likeness (QED) is 0.503. The number of halogens is 6. The van der Waals surface area contributed by atoms with Crippen LogP contribution in [0.25, 0.3) is 0 Å². The molecule has 0 fully saturated rings. The van der Waals surface area contributed by atoms with Crippen molar-refractivity contribution >= 4 is 11.6 Å². The molecule has 0 saturated carbocycles. The summed E-state index contributed by atoms with van der Waals surface area (Å²) in [6.45, 7) is 0. The fourth-order valence-corrected chi connectivity index (χ4v) is 1.82. The Morgan fingerprint density at radius 3 is 2.10 bits per heavy atom. The lowest BCUT2D eigenvalue weighted by atomic mass is 10.00. The highest BCUT2D eigenvalue weighted by atomic mass is 35.5. The van der Waals surface area contributed by atoms with E-state index in [0.717, 1.165) is 6.07 Å². The Hall–Kier alpha value is -1.66. The summed E-state index contributed by atoms with van der Waals surface area (Å²) in [7, 11) is 0. The lowest BCUT2D eigenvalue weighted by molar-refractivity contribution is 0.207. The molecule has 2 rings (SSSR count). The molecule has 0 bridgehead atoms. The minimum Gasteiger partial charge on any atom is -0.383 e. The molecule has 106 valence electrons. The Bertz CT molecular complexity index is 672. The lowest BCUT2D eigenvalue weighted by Crippen LogP contribution is -2.08. The Labute approximate surface area is 115 Å². The molecule has 0 aromatic heterocycles. The van der Waals surface area contributed by atoms with Crippen molar-refractivity contribution in [2.45, 2.75) is 6.10 Å². The van der Waals surface area contributed by atoms with Crippen molar-refractivity contribution in [2.75, 3.05) is 0 Å². The fraction of sp³-hybridized carbons (Fsp3) is 0.0769. The van der Waals surface area contributed by atoms with Crippen LogP contribution in [0.1, 0.15) is 17.2 Å². The Morgan fingerprint density at radius 2 is 1.45 bits per heavy atom. The van der Waals surface area contributed by atoms with Gasteiger partial charge in [-0.1, -0.05) is 17.7 Å². The van der Waals surface area contributed by atoms with Gasteiger partial charge in [0.15, 0.2) is 17.5 Å². The first-order valence-corrected chi connectivity index (χ1v) is 5.66. The zero-order valence-corrected chi connectivity index (χ0v) is 10.4. The molecule has 1 N–H and O–H groups in total. The second-order valence-electron chi connectivity index (χ2n) is 3.95. The monoisotopic (exact) mass is 308 g/mol. The Balaban J connectivity index is 2.55. The third kappa shape index (κ3) is 2.48. The molecule has 0 heterocycles. The van der Waals surface area contributed by atoms with Crippen molar-refractivity contribution in [3.05, 3.63) is 69.5 Å². The summed E-state index contributed by atoms with van der Waals surface area (Å²) in [5.41, 5.74) is -1.36. The normalized spacial score (nSPS) is 12.6. The van der Waals surface area contributed by atoms with Crippen molar-refractivity contribution < 1.29 is 27.1 Å². The van der Waals surface area contributed by atoms with Gasteiger partial charge in [0.1, 0.15) is 17.7 Å². The van der Waals surface area contributed by atoms with E-state index >= 15 is 0 Å². The number of aliphatic hydroxyl groups excluding tert-OH is 1. The zero-order chi connectivity index (χ0) is 15.0. The molecule has 0 saturated heterocycles. The van der Waals surface area contributed by atoms with Crippen molar-refractivity contribution in [2.24, 2.45) is 0 Å². The van der Waals surface area contributed by atoms with Crippen molar-refractivity contribution in [1.29, 1.82) is 0 Å². The van der Waals surface area contributed by atoms with Crippen LogP contribution in [0.5, 0.6) is 0 Å². The van der Waals surface area contributed by atoms with Gasteiger partial charge in [-0.25, -0.2) is 22.0 Å². The van der Waals surface area contributed by atoms with E-state index < -0.39 is 51.3 Å². The van der Waals surface area contributed by atoms with E-state index in [2.05, 4.69) is 0 Å². The number of aliphatic hydroxyl groups is 1. The third-order valence-electron chi connectivity index (χ3n) is 2.69. The van der Waals surface area contributed by atoms with Gasteiger partial charge in [-0.3, -0.25) is 0 Å².